The Kier molecular flexibility index (Phi) is 6.15. The number of amides is 1. The van der Waals surface area contributed by atoms with Gasteiger partial charge in [-0.3, -0.25) is 9.48 Å². The first-order chi connectivity index (χ1) is 15.6. The van der Waals surface area contributed by atoms with Crippen LogP contribution in [-0.4, -0.2) is 47.7 Å². The summed E-state index contributed by atoms with van der Waals surface area (Å²) < 4.78 is 32.9. The largest absolute Gasteiger partial charge is 0.360 e. The molecule has 10 heteroatoms. The summed E-state index contributed by atoms with van der Waals surface area (Å²) in [5, 5.41) is 11.6. The summed E-state index contributed by atoms with van der Waals surface area (Å²) in [6.07, 6.45) is 2.63. The maximum atomic E-state index is 13.0. The molecular formula is C23H29N5O4S. The van der Waals surface area contributed by atoms with Crippen LogP contribution in [0, 0.1) is 19.8 Å². The molecule has 33 heavy (non-hydrogen) atoms. The Morgan fingerprint density at radius 1 is 1.24 bits per heavy atom. The van der Waals surface area contributed by atoms with Crippen LogP contribution in [0.25, 0.3) is 0 Å². The molecule has 0 aliphatic heterocycles. The maximum absolute atomic E-state index is 13.0. The number of hydrogen-bond donors (Lipinski definition) is 1. The summed E-state index contributed by atoms with van der Waals surface area (Å²) in [5.74, 6) is 1.01. The van der Waals surface area contributed by atoms with Gasteiger partial charge in [0.1, 0.15) is 5.76 Å². The molecule has 1 unspecified atom stereocenters. The highest BCUT2D eigenvalue weighted by Gasteiger charge is 2.28. The van der Waals surface area contributed by atoms with Gasteiger partial charge in [0.2, 0.25) is 10.0 Å². The van der Waals surface area contributed by atoms with Crippen molar-refractivity contribution in [1.82, 2.24) is 19.2 Å². The first kappa shape index (κ1) is 23.2. The molecule has 2 heterocycles. The molecule has 2 aromatic heterocycles. The molecule has 0 saturated heterocycles. The van der Waals surface area contributed by atoms with Crippen molar-refractivity contribution in [3.63, 3.8) is 0 Å². The van der Waals surface area contributed by atoms with Gasteiger partial charge in [0.15, 0.2) is 5.69 Å². The van der Waals surface area contributed by atoms with E-state index in [0.717, 1.165) is 41.8 Å². The summed E-state index contributed by atoms with van der Waals surface area (Å²) in [4.78, 5) is 13.2. The molecule has 3 aromatic rings. The lowest BCUT2D eigenvalue weighted by atomic mass is 9.88. The van der Waals surface area contributed by atoms with Crippen molar-refractivity contribution >= 4 is 21.6 Å². The van der Waals surface area contributed by atoms with Crippen molar-refractivity contribution in [3.8, 4) is 0 Å². The number of hydrogen-bond acceptors (Lipinski definition) is 6. The average Bonchev–Trinajstić information content (AvgIpc) is 3.30. The van der Waals surface area contributed by atoms with Gasteiger partial charge in [-0.2, -0.15) is 5.10 Å². The molecule has 0 bridgehead atoms. The van der Waals surface area contributed by atoms with E-state index in [4.69, 9.17) is 4.52 Å². The van der Waals surface area contributed by atoms with Gasteiger partial charge in [-0.15, -0.1) is 0 Å². The molecule has 0 fully saturated rings. The van der Waals surface area contributed by atoms with E-state index >= 15 is 0 Å². The molecule has 1 atom stereocenters. The lowest BCUT2D eigenvalue weighted by Crippen LogP contribution is -2.22. The number of nitrogens with one attached hydrogen (secondary N) is 1. The van der Waals surface area contributed by atoms with Crippen molar-refractivity contribution in [2.24, 2.45) is 5.92 Å². The van der Waals surface area contributed by atoms with Crippen LogP contribution in [0.2, 0.25) is 0 Å². The van der Waals surface area contributed by atoms with E-state index in [1.54, 1.807) is 28.9 Å². The van der Waals surface area contributed by atoms with Crippen LogP contribution in [0.15, 0.2) is 33.7 Å². The predicted molar refractivity (Wildman–Crippen MR) is 124 cm³/mol. The van der Waals surface area contributed by atoms with Crippen molar-refractivity contribution in [2.45, 2.75) is 51.5 Å². The first-order valence-electron chi connectivity index (χ1n) is 10.9. The number of sulfonamides is 1. The van der Waals surface area contributed by atoms with Crippen LogP contribution in [0.1, 0.15) is 52.1 Å². The van der Waals surface area contributed by atoms with Gasteiger partial charge in [0, 0.05) is 26.1 Å². The maximum Gasteiger partial charge on any atom is 0.278 e. The van der Waals surface area contributed by atoms with E-state index in [0.29, 0.717) is 29.5 Å². The van der Waals surface area contributed by atoms with Crippen LogP contribution in [0.4, 0.5) is 5.69 Å². The number of fused-ring (bicyclic) bond motifs is 1. The van der Waals surface area contributed by atoms with Gasteiger partial charge in [-0.05, 0) is 50.3 Å². The smallest absolute Gasteiger partial charge is 0.278 e. The minimum Gasteiger partial charge on any atom is -0.360 e. The lowest BCUT2D eigenvalue weighted by Gasteiger charge is -2.16. The second-order valence-corrected chi connectivity index (χ2v) is 11.0. The Morgan fingerprint density at radius 3 is 2.61 bits per heavy atom. The average molecular weight is 472 g/mol. The van der Waals surface area contributed by atoms with E-state index in [1.807, 2.05) is 13.8 Å². The summed E-state index contributed by atoms with van der Waals surface area (Å²) >= 11 is 0. The van der Waals surface area contributed by atoms with Crippen LogP contribution >= 0.6 is 0 Å². The van der Waals surface area contributed by atoms with E-state index in [1.165, 1.54) is 18.4 Å². The van der Waals surface area contributed by atoms with Crippen molar-refractivity contribution in [2.75, 3.05) is 19.4 Å². The molecule has 1 aliphatic carbocycles. The zero-order valence-corrected chi connectivity index (χ0v) is 20.4. The molecular weight excluding hydrogens is 442 g/mol. The van der Waals surface area contributed by atoms with Crippen LogP contribution in [-0.2, 0) is 29.4 Å². The summed E-state index contributed by atoms with van der Waals surface area (Å²) in [5.41, 5.74) is 4.29. The Balaban J connectivity index is 1.52. The molecule has 1 aliphatic rings. The summed E-state index contributed by atoms with van der Waals surface area (Å²) in [6, 6.07) is 6.73. The minimum absolute atomic E-state index is 0.239. The Morgan fingerprint density at radius 2 is 1.94 bits per heavy atom. The van der Waals surface area contributed by atoms with Crippen molar-refractivity contribution < 1.29 is 17.7 Å². The highest BCUT2D eigenvalue weighted by atomic mass is 32.2. The van der Waals surface area contributed by atoms with Gasteiger partial charge < -0.3 is 9.84 Å². The molecule has 1 amide bonds. The molecule has 4 rings (SSSR count). The van der Waals surface area contributed by atoms with Gasteiger partial charge in [-0.1, -0.05) is 24.2 Å². The molecule has 0 spiro atoms. The number of aromatic nitrogens is 3. The topological polar surface area (TPSA) is 110 Å². The molecule has 9 nitrogen and oxygen atoms in total. The highest BCUT2D eigenvalue weighted by Crippen LogP contribution is 2.29. The van der Waals surface area contributed by atoms with Crippen molar-refractivity contribution in [1.29, 1.82) is 0 Å². The molecule has 1 N–H and O–H groups in total. The Labute approximate surface area is 193 Å². The normalized spacial score (nSPS) is 16.1. The fourth-order valence-corrected chi connectivity index (χ4v) is 5.01. The zero-order valence-electron chi connectivity index (χ0n) is 19.5. The number of nitrogens with zero attached hydrogens (tertiary/aromatic N) is 4. The fourth-order valence-electron chi connectivity index (χ4n) is 4.11. The molecule has 176 valence electrons. The molecule has 0 saturated carbocycles. The Hall–Kier alpha value is -2.98. The minimum atomic E-state index is -3.47. The number of aryl methyl sites for hydroxylation is 2. The second-order valence-electron chi connectivity index (χ2n) is 8.87. The number of benzene rings is 1. The third-order valence-electron chi connectivity index (χ3n) is 6.16. The third kappa shape index (κ3) is 4.45. The first-order valence-corrected chi connectivity index (χ1v) is 12.4. The molecule has 1 aromatic carbocycles. The lowest BCUT2D eigenvalue weighted by molar-refractivity contribution is 0.101. The number of anilines is 1. The molecule has 0 radical (unpaired) electrons. The van der Waals surface area contributed by atoms with Gasteiger partial charge in [0.25, 0.3) is 5.91 Å². The summed E-state index contributed by atoms with van der Waals surface area (Å²) in [7, 11) is -0.464. The van der Waals surface area contributed by atoms with Gasteiger partial charge >= 0.3 is 0 Å². The SMILES string of the molecule is Cc1nn(Cc2ccc(S(=O)(=O)N(C)C)cc2)c(C)c1NC(=O)c1noc2c1CC(C)CC2. The number of carbonyl (C=O) groups is 1. The van der Waals surface area contributed by atoms with Crippen LogP contribution in [0.3, 0.4) is 0 Å². The fraction of sp³-hybridized carbons (Fsp3) is 0.435. The van der Waals surface area contributed by atoms with Crippen molar-refractivity contribution in [3.05, 3.63) is 58.2 Å². The number of rotatable bonds is 6. The predicted octanol–water partition coefficient (Wildman–Crippen LogP) is 3.16. The van der Waals surface area contributed by atoms with Crippen LogP contribution in [0.5, 0.6) is 0 Å². The zero-order chi connectivity index (χ0) is 23.9. The Bertz CT molecular complexity index is 1290. The van der Waals surface area contributed by atoms with E-state index < -0.39 is 10.0 Å². The van der Waals surface area contributed by atoms with Crippen LogP contribution < -0.4 is 5.32 Å². The quantitative estimate of drug-likeness (QED) is 0.591. The summed E-state index contributed by atoms with van der Waals surface area (Å²) in [6.45, 7) is 6.34. The highest BCUT2D eigenvalue weighted by molar-refractivity contribution is 7.89. The third-order valence-corrected chi connectivity index (χ3v) is 7.99. The second kappa shape index (κ2) is 8.75. The van der Waals surface area contributed by atoms with Gasteiger partial charge in [0.05, 0.1) is 28.5 Å². The van der Waals surface area contributed by atoms with E-state index in [-0.39, 0.29) is 10.8 Å². The standard InChI is InChI=1S/C23H29N5O4S/c1-14-6-11-20-19(12-14)22(26-32-20)23(29)24-21-15(2)25-28(16(21)3)13-17-7-9-18(10-8-17)33(30,31)27(4)5/h7-10,14H,6,11-13H2,1-5H3,(H,24,29). The van der Waals surface area contributed by atoms with E-state index in [9.17, 15) is 13.2 Å². The number of carbonyl (C=O) groups excluding carboxylic acids is 1. The van der Waals surface area contributed by atoms with E-state index in [2.05, 4.69) is 22.5 Å². The van der Waals surface area contributed by atoms with Gasteiger partial charge in [-0.25, -0.2) is 12.7 Å². The monoisotopic (exact) mass is 471 g/mol.